The lowest BCUT2D eigenvalue weighted by atomic mass is 10.1. The first kappa shape index (κ1) is 13.5. The van der Waals surface area contributed by atoms with Gasteiger partial charge in [-0.3, -0.25) is 4.79 Å². The molecular weight excluding hydrogens is 251 g/mol. The first-order chi connectivity index (χ1) is 9.00. The number of nitrogens with zero attached hydrogens (tertiary/aromatic N) is 1. The first-order valence-corrected chi connectivity index (χ1v) is 6.01. The molecule has 1 unspecified atom stereocenters. The minimum absolute atomic E-state index is 0.223. The molecule has 1 amide bonds. The number of benzene rings is 1. The van der Waals surface area contributed by atoms with Crippen LogP contribution in [0.15, 0.2) is 18.2 Å². The van der Waals surface area contributed by atoms with Crippen molar-refractivity contribution >= 4 is 11.9 Å². The number of carbonyl (C=O) groups is 2. The molecule has 0 saturated carbocycles. The predicted molar refractivity (Wildman–Crippen MR) is 66.5 cm³/mol. The predicted octanol–water partition coefficient (Wildman–Crippen LogP) is 0.633. The van der Waals surface area contributed by atoms with Crippen molar-refractivity contribution < 1.29 is 19.1 Å². The Morgan fingerprint density at radius 3 is 2.84 bits per heavy atom. The molecule has 6 heteroatoms. The fraction of sp³-hybridized carbons (Fsp3) is 0.385. The van der Waals surface area contributed by atoms with E-state index in [4.69, 9.17) is 5.11 Å². The number of piperazine rings is 1. The van der Waals surface area contributed by atoms with Crippen LogP contribution in [0.5, 0.6) is 0 Å². The second-order valence-electron chi connectivity index (χ2n) is 4.52. The number of hydrogen-bond donors (Lipinski definition) is 2. The van der Waals surface area contributed by atoms with Crippen LogP contribution in [0.4, 0.5) is 4.39 Å². The molecule has 0 aliphatic carbocycles. The summed E-state index contributed by atoms with van der Waals surface area (Å²) in [5.41, 5.74) is 0.680. The van der Waals surface area contributed by atoms with Crippen LogP contribution in [0.2, 0.25) is 0 Å². The van der Waals surface area contributed by atoms with E-state index >= 15 is 0 Å². The summed E-state index contributed by atoms with van der Waals surface area (Å²) >= 11 is 0. The summed E-state index contributed by atoms with van der Waals surface area (Å²) in [6.45, 7) is 2.67. The van der Waals surface area contributed by atoms with Crippen molar-refractivity contribution in [2.45, 2.75) is 13.0 Å². The summed E-state index contributed by atoms with van der Waals surface area (Å²) in [7, 11) is 0. The van der Waals surface area contributed by atoms with Crippen molar-refractivity contribution in [1.82, 2.24) is 10.2 Å². The highest BCUT2D eigenvalue weighted by atomic mass is 19.1. The standard InChI is InChI=1S/C13H15FN2O3/c1-8-6-9(2-3-10(8)14)12(17)16-5-4-15-7-11(16)13(18)19/h2-3,6,11,15H,4-5,7H2,1H3,(H,18,19). The van der Waals surface area contributed by atoms with Gasteiger partial charge in [0.25, 0.3) is 5.91 Å². The minimum atomic E-state index is -1.04. The minimum Gasteiger partial charge on any atom is -0.480 e. The summed E-state index contributed by atoms with van der Waals surface area (Å²) < 4.78 is 13.2. The van der Waals surface area contributed by atoms with Gasteiger partial charge in [0.2, 0.25) is 0 Å². The van der Waals surface area contributed by atoms with Gasteiger partial charge in [-0.25, -0.2) is 9.18 Å². The number of halogens is 1. The van der Waals surface area contributed by atoms with Crippen molar-refractivity contribution in [2.75, 3.05) is 19.6 Å². The third-order valence-electron chi connectivity index (χ3n) is 3.19. The van der Waals surface area contributed by atoms with Gasteiger partial charge in [-0.05, 0) is 30.7 Å². The first-order valence-electron chi connectivity index (χ1n) is 6.01. The maximum atomic E-state index is 13.2. The van der Waals surface area contributed by atoms with E-state index in [1.54, 1.807) is 6.92 Å². The summed E-state index contributed by atoms with van der Waals surface area (Å²) in [6, 6.07) is 3.16. The summed E-state index contributed by atoms with van der Waals surface area (Å²) in [5, 5.41) is 12.0. The third kappa shape index (κ3) is 2.73. The Morgan fingerprint density at radius 2 is 2.21 bits per heavy atom. The van der Waals surface area contributed by atoms with Crippen molar-refractivity contribution in [2.24, 2.45) is 0 Å². The lowest BCUT2D eigenvalue weighted by Crippen LogP contribution is -2.57. The van der Waals surface area contributed by atoms with Gasteiger partial charge in [-0.1, -0.05) is 0 Å². The van der Waals surface area contributed by atoms with Gasteiger partial charge in [0.05, 0.1) is 0 Å². The van der Waals surface area contributed by atoms with E-state index in [9.17, 15) is 14.0 Å². The van der Waals surface area contributed by atoms with E-state index in [1.165, 1.54) is 23.1 Å². The zero-order chi connectivity index (χ0) is 14.0. The van der Waals surface area contributed by atoms with Crippen LogP contribution in [-0.2, 0) is 4.79 Å². The highest BCUT2D eigenvalue weighted by Crippen LogP contribution is 2.14. The number of hydrogen-bond acceptors (Lipinski definition) is 3. The normalized spacial score (nSPS) is 19.3. The van der Waals surface area contributed by atoms with Crippen LogP contribution in [0.1, 0.15) is 15.9 Å². The summed E-state index contributed by atoms with van der Waals surface area (Å²) in [6.07, 6.45) is 0. The molecular formula is C13H15FN2O3. The van der Waals surface area contributed by atoms with Crippen LogP contribution in [0.25, 0.3) is 0 Å². The van der Waals surface area contributed by atoms with E-state index in [0.717, 1.165) is 0 Å². The highest BCUT2D eigenvalue weighted by molar-refractivity contribution is 5.97. The van der Waals surface area contributed by atoms with Gasteiger partial charge >= 0.3 is 5.97 Å². The van der Waals surface area contributed by atoms with Crippen molar-refractivity contribution in [3.05, 3.63) is 35.1 Å². The molecule has 2 N–H and O–H groups in total. The number of carbonyl (C=O) groups excluding carboxylic acids is 1. The lowest BCUT2D eigenvalue weighted by molar-refractivity contribution is -0.142. The topological polar surface area (TPSA) is 69.6 Å². The number of amides is 1. The Bertz CT molecular complexity index is 519. The number of aliphatic carboxylic acids is 1. The van der Waals surface area contributed by atoms with Crippen molar-refractivity contribution in [3.63, 3.8) is 0 Å². The third-order valence-corrected chi connectivity index (χ3v) is 3.19. The number of carboxylic acids is 1. The Balaban J connectivity index is 2.26. The van der Waals surface area contributed by atoms with E-state index in [2.05, 4.69) is 5.32 Å². The fourth-order valence-electron chi connectivity index (χ4n) is 2.11. The molecule has 1 saturated heterocycles. The molecule has 2 rings (SSSR count). The molecule has 1 fully saturated rings. The highest BCUT2D eigenvalue weighted by Gasteiger charge is 2.32. The van der Waals surface area contributed by atoms with Gasteiger partial charge in [-0.15, -0.1) is 0 Å². The van der Waals surface area contributed by atoms with Crippen LogP contribution in [-0.4, -0.2) is 47.6 Å². The second-order valence-corrected chi connectivity index (χ2v) is 4.52. The molecule has 0 spiro atoms. The molecule has 1 atom stereocenters. The molecule has 1 aromatic carbocycles. The summed E-state index contributed by atoms with van der Waals surface area (Å²) in [4.78, 5) is 24.7. The van der Waals surface area contributed by atoms with Gasteiger partial charge in [0, 0.05) is 25.2 Å². The van der Waals surface area contributed by atoms with Gasteiger partial charge in [-0.2, -0.15) is 0 Å². The monoisotopic (exact) mass is 266 g/mol. The van der Waals surface area contributed by atoms with Crippen molar-refractivity contribution in [3.8, 4) is 0 Å². The zero-order valence-corrected chi connectivity index (χ0v) is 10.5. The summed E-state index contributed by atoms with van der Waals surface area (Å²) in [5.74, 6) is -1.80. The maximum Gasteiger partial charge on any atom is 0.327 e. The number of rotatable bonds is 2. The van der Waals surface area contributed by atoms with E-state index in [0.29, 0.717) is 24.2 Å². The van der Waals surface area contributed by atoms with Crippen molar-refractivity contribution in [1.29, 1.82) is 0 Å². The number of nitrogens with one attached hydrogen (secondary N) is 1. The molecule has 0 aromatic heterocycles. The molecule has 19 heavy (non-hydrogen) atoms. The number of carboxylic acid groups (broad SMARTS) is 1. The fourth-order valence-corrected chi connectivity index (χ4v) is 2.11. The van der Waals surface area contributed by atoms with Gasteiger partial charge in [0.15, 0.2) is 0 Å². The van der Waals surface area contributed by atoms with E-state index in [-0.39, 0.29) is 18.3 Å². The quantitative estimate of drug-likeness (QED) is 0.824. The Labute approximate surface area is 110 Å². The van der Waals surface area contributed by atoms with Crippen LogP contribution in [0, 0.1) is 12.7 Å². The molecule has 5 nitrogen and oxygen atoms in total. The SMILES string of the molecule is Cc1cc(C(=O)N2CCNCC2C(=O)O)ccc1F. The molecule has 1 aromatic rings. The molecule has 0 bridgehead atoms. The maximum absolute atomic E-state index is 13.2. The Morgan fingerprint density at radius 1 is 1.47 bits per heavy atom. The number of aryl methyl sites for hydroxylation is 1. The van der Waals surface area contributed by atoms with Crippen LogP contribution in [0.3, 0.4) is 0 Å². The molecule has 1 heterocycles. The van der Waals surface area contributed by atoms with Crippen LogP contribution < -0.4 is 5.32 Å². The molecule has 1 aliphatic heterocycles. The molecule has 102 valence electrons. The Hall–Kier alpha value is -1.95. The average Bonchev–Trinajstić information content (AvgIpc) is 2.41. The second kappa shape index (κ2) is 5.36. The smallest absolute Gasteiger partial charge is 0.327 e. The largest absolute Gasteiger partial charge is 0.480 e. The van der Waals surface area contributed by atoms with Gasteiger partial charge in [0.1, 0.15) is 11.9 Å². The van der Waals surface area contributed by atoms with Crippen LogP contribution >= 0.6 is 0 Å². The van der Waals surface area contributed by atoms with E-state index in [1.807, 2.05) is 0 Å². The van der Waals surface area contributed by atoms with E-state index < -0.39 is 12.0 Å². The lowest BCUT2D eigenvalue weighted by Gasteiger charge is -2.33. The molecule has 1 aliphatic rings. The van der Waals surface area contributed by atoms with Gasteiger partial charge < -0.3 is 15.3 Å². The zero-order valence-electron chi connectivity index (χ0n) is 10.5. The average molecular weight is 266 g/mol. The molecule has 0 radical (unpaired) electrons. The Kier molecular flexibility index (Phi) is 3.80.